The van der Waals surface area contributed by atoms with Crippen molar-refractivity contribution in [3.05, 3.63) is 0 Å². The number of rotatable bonds is 6. The van der Waals surface area contributed by atoms with Gasteiger partial charge in [-0.05, 0) is 56.4 Å². The largest absolute Gasteiger partial charge is 0.396 e. The molecule has 2 saturated carbocycles. The van der Waals surface area contributed by atoms with Gasteiger partial charge in [0.25, 0.3) is 0 Å². The summed E-state index contributed by atoms with van der Waals surface area (Å²) in [4.78, 5) is 0. The van der Waals surface area contributed by atoms with Crippen LogP contribution in [0.25, 0.3) is 0 Å². The molecule has 0 aliphatic heterocycles. The molecule has 2 bridgehead atoms. The van der Waals surface area contributed by atoms with E-state index in [0.717, 1.165) is 30.8 Å². The highest BCUT2D eigenvalue weighted by Gasteiger charge is 2.38. The van der Waals surface area contributed by atoms with E-state index in [1.54, 1.807) is 0 Å². The van der Waals surface area contributed by atoms with Crippen molar-refractivity contribution in [3.63, 3.8) is 0 Å². The molecule has 0 spiro atoms. The molecule has 2 aliphatic carbocycles. The molecule has 2 fully saturated rings. The summed E-state index contributed by atoms with van der Waals surface area (Å²) in [6.07, 6.45) is 8.25. The van der Waals surface area contributed by atoms with Crippen LogP contribution in [-0.4, -0.2) is 24.3 Å². The Balaban J connectivity index is 1.55. The van der Waals surface area contributed by atoms with Crippen molar-refractivity contribution in [1.82, 2.24) is 5.32 Å². The molecule has 2 heteroatoms. The quantitative estimate of drug-likeness (QED) is 0.660. The second kappa shape index (κ2) is 5.31. The van der Waals surface area contributed by atoms with E-state index < -0.39 is 0 Å². The normalized spacial score (nSPS) is 36.0. The molecule has 4 unspecified atom stereocenters. The van der Waals surface area contributed by atoms with Crippen molar-refractivity contribution >= 4 is 0 Å². The predicted molar refractivity (Wildman–Crippen MR) is 62.7 cm³/mol. The fourth-order valence-corrected chi connectivity index (χ4v) is 3.32. The van der Waals surface area contributed by atoms with Crippen LogP contribution in [0.1, 0.15) is 45.4 Å². The minimum Gasteiger partial charge on any atom is -0.396 e. The van der Waals surface area contributed by atoms with E-state index in [1.165, 1.54) is 32.1 Å². The molecule has 0 amide bonds. The molecule has 15 heavy (non-hydrogen) atoms. The van der Waals surface area contributed by atoms with E-state index in [9.17, 15) is 0 Å². The van der Waals surface area contributed by atoms with Crippen molar-refractivity contribution in [2.45, 2.75) is 51.5 Å². The van der Waals surface area contributed by atoms with E-state index in [1.807, 2.05) is 0 Å². The van der Waals surface area contributed by atoms with Gasteiger partial charge in [-0.2, -0.15) is 0 Å². The summed E-state index contributed by atoms with van der Waals surface area (Å²) in [5, 5.41) is 12.6. The van der Waals surface area contributed by atoms with E-state index >= 15 is 0 Å². The van der Waals surface area contributed by atoms with Crippen molar-refractivity contribution in [2.75, 3.05) is 13.2 Å². The molecular weight excluding hydrogens is 186 g/mol. The summed E-state index contributed by atoms with van der Waals surface area (Å²) in [6.45, 7) is 3.61. The molecule has 2 N–H and O–H groups in total. The van der Waals surface area contributed by atoms with Crippen LogP contribution in [0.4, 0.5) is 0 Å². The molecular formula is C13H25NO. The molecule has 0 heterocycles. The third kappa shape index (κ3) is 2.94. The SMILES string of the molecule is CC(CO)CCCNC1CC2CCC1C2. The van der Waals surface area contributed by atoms with Crippen molar-refractivity contribution in [3.8, 4) is 0 Å². The first-order valence-corrected chi connectivity index (χ1v) is 6.64. The Morgan fingerprint density at radius 1 is 1.33 bits per heavy atom. The standard InChI is InChI=1S/C13H25NO/c1-10(9-15)3-2-6-14-13-8-11-4-5-12(13)7-11/h10-15H,2-9H2,1H3. The maximum atomic E-state index is 8.91. The van der Waals surface area contributed by atoms with Crippen LogP contribution in [0.5, 0.6) is 0 Å². The summed E-state index contributed by atoms with van der Waals surface area (Å²) < 4.78 is 0. The van der Waals surface area contributed by atoms with Gasteiger partial charge in [0.05, 0.1) is 0 Å². The molecule has 0 radical (unpaired) electrons. The van der Waals surface area contributed by atoms with E-state index in [2.05, 4.69) is 12.2 Å². The van der Waals surface area contributed by atoms with Crippen LogP contribution in [0.15, 0.2) is 0 Å². The number of aliphatic hydroxyl groups is 1. The number of hydrogen-bond acceptors (Lipinski definition) is 2. The Bertz CT molecular complexity index is 195. The Hall–Kier alpha value is -0.0800. The zero-order chi connectivity index (χ0) is 10.7. The smallest absolute Gasteiger partial charge is 0.0456 e. The van der Waals surface area contributed by atoms with Crippen LogP contribution in [-0.2, 0) is 0 Å². The molecule has 0 aromatic rings. The highest BCUT2D eigenvalue weighted by molar-refractivity contribution is 4.93. The average molecular weight is 211 g/mol. The monoisotopic (exact) mass is 211 g/mol. The second-order valence-corrected chi connectivity index (χ2v) is 5.67. The van der Waals surface area contributed by atoms with Gasteiger partial charge >= 0.3 is 0 Å². The predicted octanol–water partition coefficient (Wildman–Crippen LogP) is 2.17. The van der Waals surface area contributed by atoms with Gasteiger partial charge in [-0.15, -0.1) is 0 Å². The lowest BCUT2D eigenvalue weighted by Crippen LogP contribution is -2.34. The Kier molecular flexibility index (Phi) is 4.04. The van der Waals surface area contributed by atoms with Crippen molar-refractivity contribution in [2.24, 2.45) is 17.8 Å². The van der Waals surface area contributed by atoms with Crippen LogP contribution in [0.2, 0.25) is 0 Å². The van der Waals surface area contributed by atoms with Crippen LogP contribution < -0.4 is 5.32 Å². The molecule has 4 atom stereocenters. The molecule has 0 aromatic carbocycles. The van der Waals surface area contributed by atoms with Gasteiger partial charge in [-0.3, -0.25) is 0 Å². The fraction of sp³-hybridized carbons (Fsp3) is 1.00. The number of hydrogen-bond donors (Lipinski definition) is 2. The first-order valence-electron chi connectivity index (χ1n) is 6.64. The van der Waals surface area contributed by atoms with Gasteiger partial charge in [0.2, 0.25) is 0 Å². The zero-order valence-electron chi connectivity index (χ0n) is 9.91. The summed E-state index contributed by atoms with van der Waals surface area (Å²) in [7, 11) is 0. The lowest BCUT2D eigenvalue weighted by atomic mass is 9.95. The summed E-state index contributed by atoms with van der Waals surface area (Å²) >= 11 is 0. The maximum absolute atomic E-state index is 8.91. The summed E-state index contributed by atoms with van der Waals surface area (Å²) in [6, 6.07) is 0.827. The van der Waals surface area contributed by atoms with Crippen LogP contribution >= 0.6 is 0 Å². The number of fused-ring (bicyclic) bond motifs is 2. The highest BCUT2D eigenvalue weighted by atomic mass is 16.3. The molecule has 2 nitrogen and oxygen atoms in total. The number of aliphatic hydroxyl groups excluding tert-OH is 1. The van der Waals surface area contributed by atoms with Gasteiger partial charge in [0.15, 0.2) is 0 Å². The van der Waals surface area contributed by atoms with Gasteiger partial charge in [0, 0.05) is 12.6 Å². The molecule has 88 valence electrons. The van der Waals surface area contributed by atoms with Gasteiger partial charge in [0.1, 0.15) is 0 Å². The molecule has 0 saturated heterocycles. The zero-order valence-corrected chi connectivity index (χ0v) is 9.91. The van der Waals surface area contributed by atoms with Crippen molar-refractivity contribution < 1.29 is 5.11 Å². The number of nitrogens with one attached hydrogen (secondary N) is 1. The first kappa shape index (κ1) is 11.4. The molecule has 2 rings (SSSR count). The summed E-state index contributed by atoms with van der Waals surface area (Å²) in [5.74, 6) is 2.51. The third-order valence-electron chi connectivity index (χ3n) is 4.33. The maximum Gasteiger partial charge on any atom is 0.0456 e. The van der Waals surface area contributed by atoms with Crippen LogP contribution in [0.3, 0.4) is 0 Å². The average Bonchev–Trinajstić information content (AvgIpc) is 2.85. The van der Waals surface area contributed by atoms with E-state index in [-0.39, 0.29) is 0 Å². The molecule has 2 aliphatic rings. The van der Waals surface area contributed by atoms with Crippen molar-refractivity contribution in [1.29, 1.82) is 0 Å². The minimum absolute atomic E-state index is 0.341. The topological polar surface area (TPSA) is 32.3 Å². The van der Waals surface area contributed by atoms with E-state index in [0.29, 0.717) is 12.5 Å². The minimum atomic E-state index is 0.341. The molecule has 0 aromatic heterocycles. The Morgan fingerprint density at radius 3 is 2.80 bits per heavy atom. The first-order chi connectivity index (χ1) is 7.29. The van der Waals surface area contributed by atoms with E-state index in [4.69, 9.17) is 5.11 Å². The third-order valence-corrected chi connectivity index (χ3v) is 4.33. The fourth-order valence-electron chi connectivity index (χ4n) is 3.32. The Morgan fingerprint density at radius 2 is 2.20 bits per heavy atom. The van der Waals surface area contributed by atoms with Gasteiger partial charge < -0.3 is 10.4 Å². The lowest BCUT2D eigenvalue weighted by molar-refractivity contribution is 0.226. The lowest BCUT2D eigenvalue weighted by Gasteiger charge is -2.23. The highest BCUT2D eigenvalue weighted by Crippen LogP contribution is 2.44. The van der Waals surface area contributed by atoms with Gasteiger partial charge in [-0.1, -0.05) is 13.3 Å². The Labute approximate surface area is 93.5 Å². The van der Waals surface area contributed by atoms with Gasteiger partial charge in [-0.25, -0.2) is 0 Å². The second-order valence-electron chi connectivity index (χ2n) is 5.67. The van der Waals surface area contributed by atoms with Crippen LogP contribution in [0, 0.1) is 17.8 Å². The summed E-state index contributed by atoms with van der Waals surface area (Å²) in [5.41, 5.74) is 0.